The lowest BCUT2D eigenvalue weighted by atomic mass is 9.45. The van der Waals surface area contributed by atoms with E-state index in [2.05, 4.69) is 30.1 Å². The molecule has 1 unspecified atom stereocenters. The molecule has 4 aliphatic rings. The number of nitrogens with zero attached hydrogens (tertiary/aromatic N) is 2. The lowest BCUT2D eigenvalue weighted by Gasteiger charge is -2.60. The molecule has 0 aliphatic heterocycles. The van der Waals surface area contributed by atoms with Crippen molar-refractivity contribution in [1.82, 2.24) is 10.2 Å². The van der Waals surface area contributed by atoms with Crippen molar-refractivity contribution in [2.24, 2.45) is 34.5 Å². The molecule has 0 bridgehead atoms. The minimum atomic E-state index is 0.502. The highest BCUT2D eigenvalue weighted by Gasteiger charge is 2.59. The molecule has 136 valence electrons. The van der Waals surface area contributed by atoms with Gasteiger partial charge >= 0.3 is 0 Å². The molecule has 0 N–H and O–H groups in total. The van der Waals surface area contributed by atoms with Gasteiger partial charge in [0.15, 0.2) is 0 Å². The fourth-order valence-corrected chi connectivity index (χ4v) is 8.35. The second-order valence-corrected chi connectivity index (χ2v) is 10.3. The minimum Gasteiger partial charge on any atom is -0.159 e. The van der Waals surface area contributed by atoms with Crippen LogP contribution in [0.2, 0.25) is 0 Å². The summed E-state index contributed by atoms with van der Waals surface area (Å²) in [5.74, 6) is 4.71. The Labute approximate surface area is 153 Å². The maximum absolute atomic E-state index is 4.19. The monoisotopic (exact) mass is 338 g/mol. The van der Waals surface area contributed by atoms with Gasteiger partial charge in [0.25, 0.3) is 0 Å². The lowest BCUT2D eigenvalue weighted by Crippen LogP contribution is -2.52. The van der Waals surface area contributed by atoms with Crippen LogP contribution < -0.4 is 0 Å². The van der Waals surface area contributed by atoms with Gasteiger partial charge in [-0.3, -0.25) is 0 Å². The number of hydrogen-bond acceptors (Lipinski definition) is 2. The fraction of sp³-hybridized carbons (Fsp3) is 0.826. The Morgan fingerprint density at radius 3 is 2.56 bits per heavy atom. The van der Waals surface area contributed by atoms with Gasteiger partial charge in [-0.05, 0) is 103 Å². The van der Waals surface area contributed by atoms with E-state index in [0.717, 1.165) is 23.7 Å². The van der Waals surface area contributed by atoms with Gasteiger partial charge < -0.3 is 0 Å². The van der Waals surface area contributed by atoms with Crippen LogP contribution in [0.4, 0.5) is 0 Å². The van der Waals surface area contributed by atoms with Crippen LogP contribution in [0.5, 0.6) is 0 Å². The first kappa shape index (κ1) is 16.3. The first-order valence-electron chi connectivity index (χ1n) is 10.9. The van der Waals surface area contributed by atoms with E-state index in [0.29, 0.717) is 16.7 Å². The molecule has 7 atom stereocenters. The highest BCUT2D eigenvalue weighted by atomic mass is 15.1. The maximum atomic E-state index is 4.19. The second kappa shape index (κ2) is 5.79. The average Bonchev–Trinajstić information content (AvgIpc) is 2.99. The molecule has 0 radical (unpaired) electrons. The molecule has 25 heavy (non-hydrogen) atoms. The molecular formula is C23H34N2. The predicted octanol–water partition coefficient (Wildman–Crippen LogP) is 5.99. The largest absolute Gasteiger partial charge is 0.159 e. The minimum absolute atomic E-state index is 0.502. The summed E-state index contributed by atoms with van der Waals surface area (Å²) >= 11 is 0. The molecule has 2 heteroatoms. The molecule has 5 rings (SSSR count). The summed E-state index contributed by atoms with van der Waals surface area (Å²) in [6.07, 6.45) is 18.7. The molecule has 0 saturated heterocycles. The third-order valence-electron chi connectivity index (χ3n) is 9.59. The van der Waals surface area contributed by atoms with Crippen molar-refractivity contribution in [3.8, 4) is 0 Å². The summed E-state index contributed by atoms with van der Waals surface area (Å²) in [6, 6.07) is 2.23. The molecule has 1 aromatic heterocycles. The van der Waals surface area contributed by atoms with Gasteiger partial charge in [0, 0.05) is 6.20 Å². The molecule has 4 saturated carbocycles. The van der Waals surface area contributed by atoms with E-state index in [4.69, 9.17) is 0 Å². The van der Waals surface area contributed by atoms with Gasteiger partial charge in [0.1, 0.15) is 0 Å². The quantitative estimate of drug-likeness (QED) is 0.628. The van der Waals surface area contributed by atoms with Crippen molar-refractivity contribution in [3.63, 3.8) is 0 Å². The number of rotatable bonds is 1. The van der Waals surface area contributed by atoms with E-state index >= 15 is 0 Å². The second-order valence-electron chi connectivity index (χ2n) is 10.3. The van der Waals surface area contributed by atoms with E-state index in [1.165, 1.54) is 69.8 Å². The Bertz CT molecular complexity index is 628. The van der Waals surface area contributed by atoms with Gasteiger partial charge in [0.2, 0.25) is 0 Å². The Morgan fingerprint density at radius 1 is 0.840 bits per heavy atom. The van der Waals surface area contributed by atoms with Crippen LogP contribution in [-0.4, -0.2) is 10.2 Å². The van der Waals surface area contributed by atoms with Crippen LogP contribution in [0.15, 0.2) is 18.5 Å². The number of hydrogen-bond donors (Lipinski definition) is 0. The highest BCUT2D eigenvalue weighted by molar-refractivity contribution is 5.22. The van der Waals surface area contributed by atoms with Crippen LogP contribution in [0.25, 0.3) is 0 Å². The third kappa shape index (κ3) is 2.28. The fourth-order valence-electron chi connectivity index (χ4n) is 8.35. The lowest BCUT2D eigenvalue weighted by molar-refractivity contribution is -0.105. The van der Waals surface area contributed by atoms with Gasteiger partial charge in [0.05, 0.1) is 6.20 Å². The maximum Gasteiger partial charge on any atom is 0.0531 e. The van der Waals surface area contributed by atoms with E-state index in [-0.39, 0.29) is 0 Å². The molecule has 1 aromatic rings. The molecule has 0 amide bonds. The zero-order valence-corrected chi connectivity index (χ0v) is 16.1. The highest BCUT2D eigenvalue weighted by Crippen LogP contribution is 2.68. The Kier molecular flexibility index (Phi) is 3.77. The standard InChI is InChI=1S/C23H34N2/c1-22-12-4-3-5-17(22)6-7-18-20-9-8-19(16-11-14-24-25-15-16)23(20,2)13-10-21(18)22/h11,14-15,17-21H,3-10,12-13H2,1-2H3/t17-,18-,19?,20+,21-,22-,23+/m0/s1. The van der Waals surface area contributed by atoms with Crippen LogP contribution in [-0.2, 0) is 0 Å². The molecular weight excluding hydrogens is 304 g/mol. The van der Waals surface area contributed by atoms with Crippen molar-refractivity contribution >= 4 is 0 Å². The SMILES string of the molecule is C[C@]12CCCC[C@H]1CC[C@H]1[C@H]3CCC(c4ccnnc4)[C@@]3(C)CC[C@@H]12. The summed E-state index contributed by atoms with van der Waals surface area (Å²) in [4.78, 5) is 0. The summed E-state index contributed by atoms with van der Waals surface area (Å²) in [7, 11) is 0. The van der Waals surface area contributed by atoms with Crippen molar-refractivity contribution in [2.45, 2.75) is 84.0 Å². The molecule has 2 nitrogen and oxygen atoms in total. The van der Waals surface area contributed by atoms with Crippen molar-refractivity contribution in [1.29, 1.82) is 0 Å². The molecule has 4 aliphatic carbocycles. The van der Waals surface area contributed by atoms with Gasteiger partial charge in [-0.2, -0.15) is 10.2 Å². The molecule has 0 spiro atoms. The van der Waals surface area contributed by atoms with Gasteiger partial charge in [-0.1, -0.05) is 26.7 Å². The first-order chi connectivity index (χ1) is 12.1. The van der Waals surface area contributed by atoms with Crippen LogP contribution in [0.3, 0.4) is 0 Å². The summed E-state index contributed by atoms with van der Waals surface area (Å²) in [6.45, 7) is 5.32. The van der Waals surface area contributed by atoms with Crippen molar-refractivity contribution < 1.29 is 0 Å². The zero-order chi connectivity index (χ0) is 17.1. The number of aromatic nitrogens is 2. The summed E-state index contributed by atoms with van der Waals surface area (Å²) in [5, 5.41) is 8.21. The number of fused-ring (bicyclic) bond motifs is 5. The third-order valence-corrected chi connectivity index (χ3v) is 9.59. The Balaban J connectivity index is 1.45. The van der Waals surface area contributed by atoms with Gasteiger partial charge in [-0.15, -0.1) is 0 Å². The Morgan fingerprint density at radius 2 is 1.72 bits per heavy atom. The normalized spacial score (nSPS) is 49.1. The first-order valence-corrected chi connectivity index (χ1v) is 10.9. The van der Waals surface area contributed by atoms with E-state index in [1.807, 2.05) is 12.4 Å². The van der Waals surface area contributed by atoms with E-state index < -0.39 is 0 Å². The van der Waals surface area contributed by atoms with Crippen LogP contribution >= 0.6 is 0 Å². The zero-order valence-electron chi connectivity index (χ0n) is 16.1. The molecule has 0 aromatic carbocycles. The Hall–Kier alpha value is -0.920. The predicted molar refractivity (Wildman–Crippen MR) is 101 cm³/mol. The van der Waals surface area contributed by atoms with Gasteiger partial charge in [-0.25, -0.2) is 0 Å². The molecule has 4 fully saturated rings. The molecule has 1 heterocycles. The summed E-state index contributed by atoms with van der Waals surface area (Å²) in [5.41, 5.74) is 2.62. The van der Waals surface area contributed by atoms with E-state index in [9.17, 15) is 0 Å². The average molecular weight is 339 g/mol. The van der Waals surface area contributed by atoms with Crippen molar-refractivity contribution in [3.05, 3.63) is 24.0 Å². The summed E-state index contributed by atoms with van der Waals surface area (Å²) < 4.78 is 0. The van der Waals surface area contributed by atoms with Crippen molar-refractivity contribution in [2.75, 3.05) is 0 Å². The topological polar surface area (TPSA) is 25.8 Å². The van der Waals surface area contributed by atoms with Crippen LogP contribution in [0.1, 0.15) is 89.5 Å². The van der Waals surface area contributed by atoms with E-state index in [1.54, 1.807) is 0 Å². The smallest absolute Gasteiger partial charge is 0.0531 e. The van der Waals surface area contributed by atoms with Crippen LogP contribution in [0, 0.1) is 34.5 Å².